The van der Waals surface area contributed by atoms with Crippen molar-refractivity contribution in [2.24, 2.45) is 0 Å². The van der Waals surface area contributed by atoms with Crippen LogP contribution in [0.25, 0.3) is 0 Å². The van der Waals surface area contributed by atoms with Crippen molar-refractivity contribution in [3.63, 3.8) is 0 Å². The molecule has 0 nitrogen and oxygen atoms in total. The molecule has 1 unspecified atom stereocenters. The van der Waals surface area contributed by atoms with Crippen molar-refractivity contribution < 1.29 is 57.7 Å². The summed E-state index contributed by atoms with van der Waals surface area (Å²) in [6.45, 7) is 0. The Morgan fingerprint density at radius 3 is 1.31 bits per heavy atom. The normalized spacial score (nSPS) is 16.3. The third-order valence-electron chi connectivity index (χ3n) is 6.60. The molecule has 1 atom stereocenters. The quantitative estimate of drug-likeness (QED) is 0.202. The maximum absolute atomic E-state index is 2.41. The Morgan fingerprint density at radius 2 is 0.914 bits per heavy atom. The average molecular weight is 552 g/mol. The van der Waals surface area contributed by atoms with E-state index in [1.807, 2.05) is 0 Å². The average Bonchev–Trinajstić information content (AvgIpc) is 3.23. The van der Waals surface area contributed by atoms with Crippen LogP contribution in [0.15, 0.2) is 145 Å². The van der Waals surface area contributed by atoms with Crippen LogP contribution in [-0.4, -0.2) is 0 Å². The van der Waals surface area contributed by atoms with Crippen LogP contribution < -0.4 is 37.2 Å². The second-order valence-electron chi connectivity index (χ2n) is 8.37. The molecule has 0 aliphatic heterocycles. The molecule has 4 heteroatoms. The zero-order valence-corrected chi connectivity index (χ0v) is 22.9. The summed E-state index contributed by atoms with van der Waals surface area (Å²) >= 11 is 2.41. The van der Waals surface area contributed by atoms with Gasteiger partial charge in [-0.3, -0.25) is 0 Å². The van der Waals surface area contributed by atoms with Gasteiger partial charge in [-0.25, -0.2) is 0 Å². The van der Waals surface area contributed by atoms with Crippen molar-refractivity contribution in [2.45, 2.75) is 15.6 Å². The molecule has 0 saturated carbocycles. The van der Waals surface area contributed by atoms with Crippen LogP contribution in [0.3, 0.4) is 0 Å². The summed E-state index contributed by atoms with van der Waals surface area (Å²) in [5.41, 5.74) is 6.35. The molecule has 0 heterocycles. The van der Waals surface area contributed by atoms with E-state index in [2.05, 4.69) is 160 Å². The molecule has 0 aromatic heterocycles. The fourth-order valence-electron chi connectivity index (χ4n) is 5.17. The summed E-state index contributed by atoms with van der Waals surface area (Å²) < 4.78 is -0.229. The van der Waals surface area contributed by atoms with E-state index in [4.69, 9.17) is 0 Å². The molecular weight excluding hydrogens is 527 g/mol. The zero-order chi connectivity index (χ0) is 21.9. The molecule has 5 rings (SSSR count). The van der Waals surface area contributed by atoms with Gasteiger partial charge in [0.1, 0.15) is 0 Å². The Hall–Kier alpha value is -2.06. The molecule has 35 heavy (non-hydrogen) atoms. The number of hydrogen-bond donors (Lipinski definition) is 0. The predicted molar refractivity (Wildman–Crippen MR) is 129 cm³/mol. The van der Waals surface area contributed by atoms with Crippen LogP contribution in [0.5, 0.6) is 0 Å². The second kappa shape index (κ2) is 12.8. The molecule has 0 bridgehead atoms. The van der Waals surface area contributed by atoms with E-state index in [1.54, 1.807) is 0 Å². The minimum atomic E-state index is -0.357. The van der Waals surface area contributed by atoms with E-state index in [0.29, 0.717) is 0 Å². The van der Waals surface area contributed by atoms with Gasteiger partial charge in [-0.15, -0.1) is 0 Å². The molecular formula is C31H25Cl3Ti. The molecule has 1 aliphatic rings. The van der Waals surface area contributed by atoms with Gasteiger partial charge < -0.3 is 37.2 Å². The first kappa shape index (κ1) is 29.2. The van der Waals surface area contributed by atoms with Gasteiger partial charge in [-0.2, -0.15) is 0 Å². The van der Waals surface area contributed by atoms with E-state index in [0.717, 1.165) is 6.42 Å². The van der Waals surface area contributed by atoms with E-state index >= 15 is 0 Å². The molecule has 0 N–H and O–H groups in total. The van der Waals surface area contributed by atoms with Crippen molar-refractivity contribution >= 4 is 0 Å². The van der Waals surface area contributed by atoms with Gasteiger partial charge in [0, 0.05) is 0 Å². The fourth-order valence-corrected chi connectivity index (χ4v) is 6.27. The third kappa shape index (κ3) is 5.24. The Balaban J connectivity index is 0.00000144. The Morgan fingerprint density at radius 1 is 0.543 bits per heavy atom. The van der Waals surface area contributed by atoms with E-state index in [1.165, 1.54) is 27.8 Å². The Bertz CT molecular complexity index is 1140. The van der Waals surface area contributed by atoms with Gasteiger partial charge in [0.05, 0.1) is 0 Å². The van der Waals surface area contributed by atoms with Crippen molar-refractivity contribution in [3.05, 3.63) is 167 Å². The third-order valence-corrected chi connectivity index (χ3v) is 7.95. The minimum absolute atomic E-state index is 0. The van der Waals surface area contributed by atoms with Crippen molar-refractivity contribution in [2.75, 3.05) is 0 Å². The molecule has 0 fully saturated rings. The molecule has 4 aromatic carbocycles. The number of rotatable bonds is 6. The van der Waals surface area contributed by atoms with Gasteiger partial charge in [0.25, 0.3) is 0 Å². The Labute approximate surface area is 239 Å². The molecule has 0 amide bonds. The van der Waals surface area contributed by atoms with Gasteiger partial charge in [-0.1, -0.05) is 0 Å². The van der Waals surface area contributed by atoms with Gasteiger partial charge in [-0.05, 0) is 0 Å². The fraction of sp³-hybridized carbons (Fsp3) is 0.0968. The van der Waals surface area contributed by atoms with Gasteiger partial charge in [0.2, 0.25) is 0 Å². The topological polar surface area (TPSA) is 0 Å². The summed E-state index contributed by atoms with van der Waals surface area (Å²) in [5, 5.41) is 0. The Kier molecular flexibility index (Phi) is 10.6. The maximum atomic E-state index is 2.41. The van der Waals surface area contributed by atoms with Crippen LogP contribution in [-0.2, 0) is 32.3 Å². The number of halogens is 3. The molecule has 0 saturated heterocycles. The number of hydrogen-bond acceptors (Lipinski definition) is 0. The summed E-state index contributed by atoms with van der Waals surface area (Å²) in [6, 6.07) is 43.9. The molecule has 4 aromatic rings. The summed E-state index contributed by atoms with van der Waals surface area (Å²) in [6.07, 6.45) is 7.93. The first-order chi connectivity index (χ1) is 15.7. The van der Waals surface area contributed by atoms with E-state index in [9.17, 15) is 0 Å². The predicted octanol–water partition coefficient (Wildman–Crippen LogP) is -1.52. The van der Waals surface area contributed by atoms with Crippen molar-refractivity contribution in [1.82, 2.24) is 0 Å². The standard InChI is InChI=1S/C31H25.3ClH.Ti/c1-5-14-25(15-6-1)24-26-16-13-23-30(26)31(27-17-7-2-8-18-27,28-19-9-3-10-20-28)29-21-11-4-12-22-29;;;;/h1-23H,24H2;3*1H;/q;;;;+3/p-3. The molecule has 1 aliphatic carbocycles. The van der Waals surface area contributed by atoms with Crippen LogP contribution in [0.2, 0.25) is 3.72 Å². The first-order valence-corrected chi connectivity index (χ1v) is 11.9. The molecule has 0 spiro atoms. The van der Waals surface area contributed by atoms with Crippen molar-refractivity contribution in [1.29, 1.82) is 0 Å². The SMILES string of the molecule is [Cl-].[Cl-].[Cl-].[Ti+3][C]1(C(c2ccccc2)(c2ccccc2)c2ccccc2)C=CC=C1Cc1ccccc1. The first-order valence-electron chi connectivity index (χ1n) is 11.1. The van der Waals surface area contributed by atoms with Crippen molar-refractivity contribution in [3.8, 4) is 0 Å². The monoisotopic (exact) mass is 550 g/mol. The van der Waals surface area contributed by atoms with Crippen LogP contribution >= 0.6 is 0 Å². The van der Waals surface area contributed by atoms with Crippen LogP contribution in [0.1, 0.15) is 22.3 Å². The summed E-state index contributed by atoms with van der Waals surface area (Å²) in [4.78, 5) is 0. The van der Waals surface area contributed by atoms with Gasteiger partial charge in [0.15, 0.2) is 0 Å². The summed E-state index contributed by atoms with van der Waals surface area (Å²) in [5.74, 6) is 0. The van der Waals surface area contributed by atoms with Crippen LogP contribution in [0, 0.1) is 0 Å². The van der Waals surface area contributed by atoms with Crippen LogP contribution in [0.4, 0.5) is 0 Å². The number of benzene rings is 4. The zero-order valence-electron chi connectivity index (χ0n) is 19.1. The van der Waals surface area contributed by atoms with E-state index < -0.39 is 0 Å². The summed E-state index contributed by atoms with van der Waals surface area (Å²) in [7, 11) is 0. The second-order valence-corrected chi connectivity index (χ2v) is 9.60. The molecule has 174 valence electrons. The molecule has 0 radical (unpaired) electrons. The number of allylic oxidation sites excluding steroid dienone is 4. The van der Waals surface area contributed by atoms with Gasteiger partial charge >= 0.3 is 203 Å². The van der Waals surface area contributed by atoms with E-state index in [-0.39, 0.29) is 46.4 Å².